The maximum absolute atomic E-state index is 15.0. The molecule has 0 saturated carbocycles. The number of carboxylic acid groups (broad SMARTS) is 1. The van der Waals surface area contributed by atoms with Crippen molar-refractivity contribution in [2.45, 2.75) is 17.6 Å². The van der Waals surface area contributed by atoms with E-state index in [1.807, 2.05) is 0 Å². The van der Waals surface area contributed by atoms with Gasteiger partial charge in [0.05, 0.1) is 43.5 Å². The normalized spacial score (nSPS) is 17.4. The summed E-state index contributed by atoms with van der Waals surface area (Å²) < 4.78 is 70.9. The van der Waals surface area contributed by atoms with Crippen LogP contribution in [0.15, 0.2) is 121 Å². The Morgan fingerprint density at radius 2 is 1.09 bits per heavy atom. The number of hydrogen-bond donors (Lipinski definition) is 7. The van der Waals surface area contributed by atoms with Crippen molar-refractivity contribution in [2.75, 3.05) is 27.0 Å². The molecule has 350 valence electrons. The van der Waals surface area contributed by atoms with Crippen LogP contribution in [0.1, 0.15) is 43.0 Å². The Bertz CT molecular complexity index is 3430. The van der Waals surface area contributed by atoms with Crippen LogP contribution in [0.2, 0.25) is 10.0 Å². The first-order valence-corrected chi connectivity index (χ1v) is 20.8. The summed E-state index contributed by atoms with van der Waals surface area (Å²) in [6, 6.07) is 29.9. The van der Waals surface area contributed by atoms with Gasteiger partial charge in [0.25, 0.3) is 11.8 Å². The van der Waals surface area contributed by atoms with E-state index in [1.54, 1.807) is 48.5 Å². The summed E-state index contributed by atoms with van der Waals surface area (Å²) in [5.41, 5.74) is -2.11. The Kier molecular flexibility index (Phi) is 11.5. The number of nitrogens with one attached hydrogen (secondary N) is 4. The smallest absolute Gasteiger partial charge is 0.422 e. The molecule has 0 fully saturated rings. The number of rotatable bonds is 7. The number of benzene rings is 6. The summed E-state index contributed by atoms with van der Waals surface area (Å²) in [5.74, 6) is -3.23. The van der Waals surface area contributed by atoms with Gasteiger partial charge in [-0.25, -0.2) is 28.3 Å². The van der Waals surface area contributed by atoms with Gasteiger partial charge >= 0.3 is 18.4 Å². The van der Waals surface area contributed by atoms with Gasteiger partial charge in [0.2, 0.25) is 11.9 Å². The number of alkyl halides is 3. The average Bonchev–Trinajstić information content (AvgIpc) is 4.03. The second-order valence-electron chi connectivity index (χ2n) is 15.2. The number of anilines is 4. The Morgan fingerprint density at radius 3 is 1.52 bits per heavy atom. The van der Waals surface area contributed by atoms with Gasteiger partial charge in [-0.15, -0.1) is 0 Å². The number of ether oxygens (including phenoxy) is 1. The highest BCUT2D eigenvalue weighted by Gasteiger charge is 2.53. The molecule has 6 aromatic carbocycles. The van der Waals surface area contributed by atoms with Crippen molar-refractivity contribution in [1.82, 2.24) is 19.9 Å². The summed E-state index contributed by atoms with van der Waals surface area (Å²) in [5, 5.41) is 36.7. The van der Waals surface area contributed by atoms with Crippen molar-refractivity contribution in [3.05, 3.63) is 176 Å². The number of H-pyrrole nitrogens is 2. The number of aromatic amines is 2. The lowest BCUT2D eigenvalue weighted by Gasteiger charge is -2.35. The van der Waals surface area contributed by atoms with Crippen LogP contribution in [0.25, 0.3) is 22.1 Å². The molecule has 8 aromatic rings. The van der Waals surface area contributed by atoms with Crippen molar-refractivity contribution in [3.63, 3.8) is 0 Å². The highest BCUT2D eigenvalue weighted by atomic mass is 35.5. The molecule has 23 heteroatoms. The fourth-order valence-corrected chi connectivity index (χ4v) is 8.48. The quantitative estimate of drug-likeness (QED) is 0.0749. The first kappa shape index (κ1) is 46.0. The lowest BCUT2D eigenvalue weighted by atomic mass is 9.93. The number of amides is 4. The average molecular weight is 988 g/mol. The van der Waals surface area contributed by atoms with Crippen LogP contribution in [-0.2, 0) is 16.2 Å². The fraction of sp³-hybridized carbons (Fsp3) is 0.0870. The number of fused-ring (bicyclic) bond motifs is 4. The minimum Gasteiger partial charge on any atom is -0.465 e. The van der Waals surface area contributed by atoms with Gasteiger partial charge < -0.3 is 30.0 Å². The number of carbonyl (C=O) groups excluding carboxylic acids is 3. The van der Waals surface area contributed by atoms with Gasteiger partial charge in [-0.1, -0.05) is 83.9 Å². The molecule has 0 aliphatic carbocycles. The number of hydrogen-bond acceptors (Lipinski definition) is 9. The summed E-state index contributed by atoms with van der Waals surface area (Å²) in [4.78, 5) is 64.8. The van der Waals surface area contributed by atoms with E-state index < -0.39 is 59.9 Å². The van der Waals surface area contributed by atoms with Gasteiger partial charge in [0.1, 0.15) is 0 Å². The predicted octanol–water partition coefficient (Wildman–Crippen LogP) is 9.62. The number of aliphatic hydroxyl groups is 2. The fourth-order valence-electron chi connectivity index (χ4n) is 8.14. The molecule has 2 atom stereocenters. The molecule has 7 N–H and O–H groups in total. The minimum absolute atomic E-state index is 0.00252. The number of imidazole rings is 2. The molecule has 2 aliphatic rings. The Balaban J connectivity index is 0.000000174. The minimum atomic E-state index is -4.70. The van der Waals surface area contributed by atoms with Crippen LogP contribution in [-0.4, -0.2) is 72.0 Å². The van der Waals surface area contributed by atoms with E-state index in [4.69, 9.17) is 28.3 Å². The highest BCUT2D eigenvalue weighted by molar-refractivity contribution is 6.31. The number of nitrogens with zero attached hydrogens (tertiary/aromatic N) is 4. The summed E-state index contributed by atoms with van der Waals surface area (Å²) >= 11 is 11.9. The molecule has 10 rings (SSSR count). The van der Waals surface area contributed by atoms with Gasteiger partial charge in [0, 0.05) is 33.4 Å². The number of halogens is 7. The third kappa shape index (κ3) is 8.05. The zero-order valence-corrected chi connectivity index (χ0v) is 36.1. The van der Waals surface area contributed by atoms with Crippen molar-refractivity contribution in [3.8, 4) is 0 Å². The molecule has 2 aromatic heterocycles. The van der Waals surface area contributed by atoms with E-state index >= 15 is 4.39 Å². The molecule has 2 unspecified atom stereocenters. The molecule has 4 heterocycles. The number of aromatic nitrogens is 4. The second-order valence-corrected chi connectivity index (χ2v) is 16.1. The third-order valence-corrected chi connectivity index (χ3v) is 11.6. The van der Waals surface area contributed by atoms with Crippen LogP contribution in [0.5, 0.6) is 0 Å². The standard InChI is InChI=1S/C24H15ClF4N4O4.C22H14ClFN4O4/c25-15-6-3-7-18(19(15)26)33-20(34)13-4-1-2-5-14(13)24(33,36)12-8-9-16-17(10-12)31-21(30-16)32-22(35)37-11-23(27,28)29;23-14-6-3-7-17(18(14)24)28-19(29)12-4-1-2-5-13(12)22(28,32)11-8-9-15-16(10-11)26-20(25-15)27-21(30)31/h1-10,36H,11H2,(H2,30,31,32,35);1-10,32H,(H,30,31)(H2,25,26,27). The zero-order chi connectivity index (χ0) is 49.2. The SMILES string of the molecule is O=C(Nc1nc2ccc(C3(O)c4ccccc4C(=O)N3c3cccc(Cl)c3F)cc2[nH]1)OCC(F)(F)F.O=C(O)Nc1nc2ccc(C3(O)c4ccccc4C(=O)N3c3cccc(Cl)c3F)cc2[nH]1. The van der Waals surface area contributed by atoms with E-state index in [0.29, 0.717) is 11.0 Å². The zero-order valence-electron chi connectivity index (χ0n) is 34.6. The van der Waals surface area contributed by atoms with Crippen LogP contribution < -0.4 is 20.4 Å². The van der Waals surface area contributed by atoms with Crippen molar-refractivity contribution in [1.29, 1.82) is 0 Å². The van der Waals surface area contributed by atoms with E-state index in [1.165, 1.54) is 72.8 Å². The largest absolute Gasteiger partial charge is 0.465 e. The molecule has 0 radical (unpaired) electrons. The van der Waals surface area contributed by atoms with E-state index in [2.05, 4.69) is 35.3 Å². The monoisotopic (exact) mass is 986 g/mol. The molecule has 2 aliphatic heterocycles. The molecule has 0 saturated heterocycles. The van der Waals surface area contributed by atoms with Gasteiger partial charge in [-0.05, 0) is 60.7 Å². The van der Waals surface area contributed by atoms with Crippen LogP contribution >= 0.6 is 23.2 Å². The van der Waals surface area contributed by atoms with Gasteiger partial charge in [-0.3, -0.25) is 30.0 Å². The Labute approximate surface area is 393 Å². The molecule has 16 nitrogen and oxygen atoms in total. The molecule has 0 bridgehead atoms. The molecule has 69 heavy (non-hydrogen) atoms. The lowest BCUT2D eigenvalue weighted by molar-refractivity contribution is -0.159. The highest BCUT2D eigenvalue weighted by Crippen LogP contribution is 2.48. The predicted molar refractivity (Wildman–Crippen MR) is 240 cm³/mol. The van der Waals surface area contributed by atoms with Crippen molar-refractivity contribution >= 4 is 92.5 Å². The molecular weight excluding hydrogens is 958 g/mol. The molecule has 4 amide bonds. The maximum atomic E-state index is 15.0. The van der Waals surface area contributed by atoms with Crippen molar-refractivity contribution < 1.29 is 61.2 Å². The maximum Gasteiger partial charge on any atom is 0.422 e. The van der Waals surface area contributed by atoms with Crippen LogP contribution in [0.3, 0.4) is 0 Å². The lowest BCUT2D eigenvalue weighted by Crippen LogP contribution is -2.45. The topological polar surface area (TPSA) is 226 Å². The van der Waals surface area contributed by atoms with Crippen LogP contribution in [0.4, 0.5) is 54.8 Å². The van der Waals surface area contributed by atoms with E-state index in [-0.39, 0.29) is 77.7 Å². The van der Waals surface area contributed by atoms with Gasteiger partial charge in [0.15, 0.2) is 29.7 Å². The van der Waals surface area contributed by atoms with Gasteiger partial charge in [-0.2, -0.15) is 13.2 Å². The van der Waals surface area contributed by atoms with Crippen LogP contribution in [0, 0.1) is 11.6 Å². The van der Waals surface area contributed by atoms with E-state index in [0.717, 1.165) is 9.80 Å². The second kappa shape index (κ2) is 17.2. The summed E-state index contributed by atoms with van der Waals surface area (Å²) in [7, 11) is 0. The Hall–Kier alpha value is -8.11. The third-order valence-electron chi connectivity index (χ3n) is 11.0. The van der Waals surface area contributed by atoms with Crippen molar-refractivity contribution in [2.24, 2.45) is 0 Å². The molecule has 0 spiro atoms. The summed E-state index contributed by atoms with van der Waals surface area (Å²) in [6.07, 6.45) is -7.37. The first-order chi connectivity index (χ1) is 32.8. The number of carbonyl (C=O) groups is 4. The summed E-state index contributed by atoms with van der Waals surface area (Å²) in [6.45, 7) is -1.78. The Morgan fingerprint density at radius 1 is 0.652 bits per heavy atom. The van der Waals surface area contributed by atoms with E-state index in [9.17, 15) is 47.0 Å². The molecular formula is C46H29Cl2F5N8O8. The first-order valence-electron chi connectivity index (χ1n) is 20.0.